The largest absolute Gasteiger partial charge is 0.465 e. The first-order chi connectivity index (χ1) is 11.7. The van der Waals surface area contributed by atoms with E-state index in [1.54, 1.807) is 12.1 Å². The number of amides is 1. The third-order valence-electron chi connectivity index (χ3n) is 3.98. The predicted octanol–water partition coefficient (Wildman–Crippen LogP) is 3.03. The minimum absolute atomic E-state index is 0.0141. The van der Waals surface area contributed by atoms with Gasteiger partial charge in [0.05, 0.1) is 12.3 Å². The van der Waals surface area contributed by atoms with Crippen molar-refractivity contribution >= 4 is 18.0 Å². The average molecular weight is 325 g/mol. The summed E-state index contributed by atoms with van der Waals surface area (Å²) in [5.74, 6) is -0.322. The summed E-state index contributed by atoms with van der Waals surface area (Å²) < 4.78 is 10.0. The molecule has 0 saturated carbocycles. The van der Waals surface area contributed by atoms with Gasteiger partial charge in [-0.1, -0.05) is 24.3 Å². The Hall–Kier alpha value is -2.82. The number of carbonyl (C=O) groups excluding carboxylic acids is 2. The number of hydrogen-bond donors (Lipinski definition) is 1. The molecule has 5 heteroatoms. The average Bonchev–Trinajstić information content (AvgIpc) is 3.12. The van der Waals surface area contributed by atoms with Crippen LogP contribution in [0.5, 0.6) is 0 Å². The van der Waals surface area contributed by atoms with E-state index in [2.05, 4.69) is 11.4 Å². The molecule has 3 rings (SSSR count). The van der Waals surface area contributed by atoms with Crippen LogP contribution in [0.3, 0.4) is 0 Å². The standard InChI is InChI=1S/C19H19NO4/c21-18(13-24-19(22)11-10-15-7-4-12-23-15)20-17-9-3-6-14-5-1-2-8-16(14)17/h1-2,4-5,7-8,10-12,17H,3,6,9,13H2,(H,20,21). The van der Waals surface area contributed by atoms with Crippen molar-refractivity contribution in [2.45, 2.75) is 25.3 Å². The Kier molecular flexibility index (Phi) is 5.11. The van der Waals surface area contributed by atoms with E-state index in [4.69, 9.17) is 9.15 Å². The summed E-state index contributed by atoms with van der Waals surface area (Å²) in [5, 5.41) is 2.94. The molecule has 0 fully saturated rings. The van der Waals surface area contributed by atoms with Crippen molar-refractivity contribution in [1.82, 2.24) is 5.32 Å². The van der Waals surface area contributed by atoms with Crippen molar-refractivity contribution in [2.24, 2.45) is 0 Å². The number of benzene rings is 1. The van der Waals surface area contributed by atoms with Gasteiger partial charge < -0.3 is 14.5 Å². The number of esters is 1. The van der Waals surface area contributed by atoms with Gasteiger partial charge in [-0.25, -0.2) is 4.79 Å². The Bertz CT molecular complexity index is 734. The Morgan fingerprint density at radius 2 is 2.12 bits per heavy atom. The van der Waals surface area contributed by atoms with Crippen LogP contribution in [0.2, 0.25) is 0 Å². The van der Waals surface area contributed by atoms with Crippen LogP contribution in [0.25, 0.3) is 6.08 Å². The first-order valence-corrected chi connectivity index (χ1v) is 7.98. The summed E-state index contributed by atoms with van der Waals surface area (Å²) >= 11 is 0. The van der Waals surface area contributed by atoms with Gasteiger partial charge >= 0.3 is 5.97 Å². The third-order valence-corrected chi connectivity index (χ3v) is 3.98. The topological polar surface area (TPSA) is 68.5 Å². The van der Waals surface area contributed by atoms with Gasteiger partial charge in [0.25, 0.3) is 5.91 Å². The maximum atomic E-state index is 12.0. The van der Waals surface area contributed by atoms with E-state index in [1.807, 2.05) is 18.2 Å². The number of fused-ring (bicyclic) bond motifs is 1. The second-order valence-corrected chi connectivity index (χ2v) is 5.67. The van der Waals surface area contributed by atoms with Gasteiger partial charge in [-0.3, -0.25) is 4.79 Å². The van der Waals surface area contributed by atoms with E-state index in [0.717, 1.165) is 24.8 Å². The molecule has 1 aliphatic carbocycles. The SMILES string of the molecule is O=C(COC(=O)C=Cc1ccco1)NC1CCCc2ccccc21. The molecule has 1 aliphatic rings. The van der Waals surface area contributed by atoms with Gasteiger partial charge in [0, 0.05) is 6.08 Å². The minimum Gasteiger partial charge on any atom is -0.465 e. The molecular weight excluding hydrogens is 306 g/mol. The highest BCUT2D eigenvalue weighted by atomic mass is 16.5. The summed E-state index contributed by atoms with van der Waals surface area (Å²) in [6.07, 6.45) is 7.22. The zero-order valence-corrected chi connectivity index (χ0v) is 13.2. The van der Waals surface area contributed by atoms with Crippen LogP contribution in [-0.4, -0.2) is 18.5 Å². The Balaban J connectivity index is 1.49. The molecule has 0 radical (unpaired) electrons. The van der Waals surface area contributed by atoms with Crippen LogP contribution in [0.4, 0.5) is 0 Å². The van der Waals surface area contributed by atoms with Crippen molar-refractivity contribution in [2.75, 3.05) is 6.61 Å². The van der Waals surface area contributed by atoms with E-state index in [0.29, 0.717) is 5.76 Å². The Labute approximate surface area is 140 Å². The summed E-state index contributed by atoms with van der Waals surface area (Å²) in [7, 11) is 0. The number of carbonyl (C=O) groups is 2. The second-order valence-electron chi connectivity index (χ2n) is 5.67. The van der Waals surface area contributed by atoms with Crippen LogP contribution >= 0.6 is 0 Å². The molecule has 1 amide bonds. The first-order valence-electron chi connectivity index (χ1n) is 7.98. The van der Waals surface area contributed by atoms with E-state index in [-0.39, 0.29) is 18.6 Å². The molecule has 0 saturated heterocycles. The van der Waals surface area contributed by atoms with Crippen molar-refractivity contribution < 1.29 is 18.7 Å². The molecule has 24 heavy (non-hydrogen) atoms. The number of nitrogens with one attached hydrogen (secondary N) is 1. The molecule has 2 aromatic rings. The van der Waals surface area contributed by atoms with Gasteiger partial charge in [-0.05, 0) is 48.6 Å². The zero-order chi connectivity index (χ0) is 16.8. The molecule has 0 spiro atoms. The molecule has 0 bridgehead atoms. The molecule has 1 aromatic heterocycles. The third kappa shape index (κ3) is 4.13. The highest BCUT2D eigenvalue weighted by Gasteiger charge is 2.21. The lowest BCUT2D eigenvalue weighted by Gasteiger charge is -2.26. The second kappa shape index (κ2) is 7.64. The Morgan fingerprint density at radius 3 is 2.96 bits per heavy atom. The normalized spacial score (nSPS) is 16.6. The summed E-state index contributed by atoms with van der Waals surface area (Å²) in [6.45, 7) is -0.292. The lowest BCUT2D eigenvalue weighted by atomic mass is 9.88. The lowest BCUT2D eigenvalue weighted by Crippen LogP contribution is -2.34. The van der Waals surface area contributed by atoms with Crippen LogP contribution in [-0.2, 0) is 20.7 Å². The summed E-state index contributed by atoms with van der Waals surface area (Å²) in [4.78, 5) is 23.6. The van der Waals surface area contributed by atoms with Gasteiger partial charge in [-0.2, -0.15) is 0 Å². The number of aryl methyl sites for hydroxylation is 1. The number of furan rings is 1. The molecule has 1 N–H and O–H groups in total. The highest BCUT2D eigenvalue weighted by molar-refractivity contribution is 5.89. The molecule has 0 aliphatic heterocycles. The quantitative estimate of drug-likeness (QED) is 0.678. The smallest absolute Gasteiger partial charge is 0.331 e. The van der Waals surface area contributed by atoms with Gasteiger partial charge in [-0.15, -0.1) is 0 Å². The maximum Gasteiger partial charge on any atom is 0.331 e. The van der Waals surface area contributed by atoms with Crippen LogP contribution in [0.1, 0.15) is 35.8 Å². The molecule has 124 valence electrons. The molecule has 1 aromatic carbocycles. The van der Waals surface area contributed by atoms with E-state index < -0.39 is 5.97 Å². The monoisotopic (exact) mass is 325 g/mol. The Morgan fingerprint density at radius 1 is 1.25 bits per heavy atom. The molecule has 1 unspecified atom stereocenters. The summed E-state index contributed by atoms with van der Waals surface area (Å²) in [6, 6.07) is 11.5. The fourth-order valence-corrected chi connectivity index (χ4v) is 2.86. The molecule has 1 atom stereocenters. The van der Waals surface area contributed by atoms with E-state index >= 15 is 0 Å². The predicted molar refractivity (Wildman–Crippen MR) is 89.0 cm³/mol. The number of hydrogen-bond acceptors (Lipinski definition) is 4. The fraction of sp³-hybridized carbons (Fsp3) is 0.263. The van der Waals surface area contributed by atoms with E-state index in [1.165, 1.54) is 24.0 Å². The van der Waals surface area contributed by atoms with Crippen LogP contribution in [0, 0.1) is 0 Å². The number of ether oxygens (including phenoxy) is 1. The van der Waals surface area contributed by atoms with Gasteiger partial charge in [0.2, 0.25) is 0 Å². The lowest BCUT2D eigenvalue weighted by molar-refractivity contribution is -0.144. The minimum atomic E-state index is -0.578. The van der Waals surface area contributed by atoms with Crippen molar-refractivity contribution in [3.05, 3.63) is 65.6 Å². The molecular formula is C19H19NO4. The van der Waals surface area contributed by atoms with Crippen LogP contribution in [0.15, 0.2) is 53.2 Å². The zero-order valence-electron chi connectivity index (χ0n) is 13.2. The molecule has 1 heterocycles. The highest BCUT2D eigenvalue weighted by Crippen LogP contribution is 2.29. The van der Waals surface area contributed by atoms with Crippen molar-refractivity contribution in [1.29, 1.82) is 0 Å². The van der Waals surface area contributed by atoms with Crippen molar-refractivity contribution in [3.8, 4) is 0 Å². The van der Waals surface area contributed by atoms with Crippen molar-refractivity contribution in [3.63, 3.8) is 0 Å². The fourth-order valence-electron chi connectivity index (χ4n) is 2.86. The van der Waals surface area contributed by atoms with Gasteiger partial charge in [0.1, 0.15) is 5.76 Å². The van der Waals surface area contributed by atoms with E-state index in [9.17, 15) is 9.59 Å². The molecule has 5 nitrogen and oxygen atoms in total. The first kappa shape index (κ1) is 16.1. The van der Waals surface area contributed by atoms with Gasteiger partial charge in [0.15, 0.2) is 6.61 Å². The summed E-state index contributed by atoms with van der Waals surface area (Å²) in [5.41, 5.74) is 2.42. The van der Waals surface area contributed by atoms with Crippen LogP contribution < -0.4 is 5.32 Å². The number of rotatable bonds is 5. The maximum absolute atomic E-state index is 12.0.